The lowest BCUT2D eigenvalue weighted by Gasteiger charge is -2.29. The number of carbonyl (C=O) groups excluding carboxylic acids is 1. The third kappa shape index (κ3) is 4.36. The van der Waals surface area contributed by atoms with Crippen LogP contribution in [-0.4, -0.2) is 39.2 Å². The van der Waals surface area contributed by atoms with Crippen LogP contribution in [0.5, 0.6) is 5.75 Å². The lowest BCUT2D eigenvalue weighted by molar-refractivity contribution is 0.102. The van der Waals surface area contributed by atoms with Crippen LogP contribution in [0.3, 0.4) is 0 Å². The van der Waals surface area contributed by atoms with Gasteiger partial charge in [0.05, 0.1) is 7.11 Å². The molecule has 1 aliphatic rings. The molecule has 29 heavy (non-hydrogen) atoms. The molecule has 0 unspecified atom stereocenters. The molecule has 2 aromatic carbocycles. The van der Waals surface area contributed by atoms with Crippen molar-refractivity contribution in [3.63, 3.8) is 0 Å². The van der Waals surface area contributed by atoms with Gasteiger partial charge in [-0.15, -0.1) is 12.4 Å². The van der Waals surface area contributed by atoms with Crippen molar-refractivity contribution in [2.75, 3.05) is 43.5 Å². The summed E-state index contributed by atoms with van der Waals surface area (Å²) in [7, 11) is 1.50. The molecule has 0 saturated carbocycles. The van der Waals surface area contributed by atoms with Gasteiger partial charge < -0.3 is 24.7 Å². The van der Waals surface area contributed by atoms with Gasteiger partial charge in [0.15, 0.2) is 11.3 Å². The van der Waals surface area contributed by atoms with E-state index in [9.17, 15) is 9.59 Å². The van der Waals surface area contributed by atoms with Gasteiger partial charge in [0.1, 0.15) is 5.56 Å². The highest BCUT2D eigenvalue weighted by Crippen LogP contribution is 2.25. The molecule has 1 aromatic heterocycles. The maximum absolute atomic E-state index is 12.6. The Bertz CT molecular complexity index is 1060. The van der Waals surface area contributed by atoms with Crippen LogP contribution in [0.1, 0.15) is 10.4 Å². The molecule has 4 rings (SSSR count). The van der Waals surface area contributed by atoms with Crippen molar-refractivity contribution in [3.8, 4) is 5.75 Å². The molecular formula is C21H22ClN3O4. The van der Waals surface area contributed by atoms with Gasteiger partial charge in [0.25, 0.3) is 5.91 Å². The minimum absolute atomic E-state index is 0. The third-order valence-electron chi connectivity index (χ3n) is 4.80. The molecule has 0 bridgehead atoms. The summed E-state index contributed by atoms with van der Waals surface area (Å²) in [6.07, 6.45) is 0. The van der Waals surface area contributed by atoms with E-state index < -0.39 is 11.5 Å². The Labute approximate surface area is 174 Å². The predicted molar refractivity (Wildman–Crippen MR) is 116 cm³/mol. The fourth-order valence-corrected chi connectivity index (χ4v) is 3.31. The van der Waals surface area contributed by atoms with Crippen LogP contribution in [0.2, 0.25) is 0 Å². The first kappa shape index (κ1) is 20.7. The van der Waals surface area contributed by atoms with E-state index in [1.807, 2.05) is 24.3 Å². The van der Waals surface area contributed by atoms with Gasteiger partial charge in [-0.3, -0.25) is 4.79 Å². The quantitative estimate of drug-likeness (QED) is 0.637. The maximum atomic E-state index is 12.6. The number of nitrogens with one attached hydrogen (secondary N) is 2. The Morgan fingerprint density at radius 3 is 2.55 bits per heavy atom. The third-order valence-corrected chi connectivity index (χ3v) is 4.80. The molecule has 3 aromatic rings. The van der Waals surface area contributed by atoms with Gasteiger partial charge in [0, 0.05) is 42.9 Å². The zero-order valence-corrected chi connectivity index (χ0v) is 16.8. The molecule has 0 aliphatic carbocycles. The van der Waals surface area contributed by atoms with E-state index >= 15 is 0 Å². The normalized spacial score (nSPS) is 13.6. The topological polar surface area (TPSA) is 83.8 Å². The molecule has 2 heterocycles. The molecule has 1 fully saturated rings. The van der Waals surface area contributed by atoms with Crippen molar-refractivity contribution in [2.24, 2.45) is 0 Å². The molecule has 1 amide bonds. The van der Waals surface area contributed by atoms with Gasteiger partial charge in [0.2, 0.25) is 0 Å². The van der Waals surface area contributed by atoms with Crippen LogP contribution in [0, 0.1) is 0 Å². The SMILES string of the molecule is COc1cccc2cc(C(=O)Nc3ccc(N4CCNCC4)cc3)c(=O)oc12.Cl. The summed E-state index contributed by atoms with van der Waals surface area (Å²) in [5, 5.41) is 6.70. The number of rotatable bonds is 4. The molecule has 1 aliphatic heterocycles. The summed E-state index contributed by atoms with van der Waals surface area (Å²) in [5.41, 5.74) is 1.30. The van der Waals surface area contributed by atoms with Gasteiger partial charge in [-0.25, -0.2) is 4.79 Å². The van der Waals surface area contributed by atoms with Crippen molar-refractivity contribution in [1.82, 2.24) is 5.32 Å². The van der Waals surface area contributed by atoms with Crippen LogP contribution in [-0.2, 0) is 0 Å². The Hall–Kier alpha value is -3.03. The Balaban J connectivity index is 0.00000240. The number of fused-ring (bicyclic) bond motifs is 1. The van der Waals surface area contributed by atoms with Gasteiger partial charge in [-0.1, -0.05) is 12.1 Å². The van der Waals surface area contributed by atoms with Crippen molar-refractivity contribution in [2.45, 2.75) is 0 Å². The first-order valence-corrected chi connectivity index (χ1v) is 9.13. The number of hydrogen-bond acceptors (Lipinski definition) is 6. The summed E-state index contributed by atoms with van der Waals surface area (Å²) in [4.78, 5) is 27.2. The first-order chi connectivity index (χ1) is 13.7. The second-order valence-electron chi connectivity index (χ2n) is 6.56. The number of ether oxygens (including phenoxy) is 1. The van der Waals surface area contributed by atoms with Gasteiger partial charge in [-0.2, -0.15) is 0 Å². The van der Waals surface area contributed by atoms with E-state index in [2.05, 4.69) is 15.5 Å². The molecule has 2 N–H and O–H groups in total. The molecule has 1 saturated heterocycles. The second-order valence-corrected chi connectivity index (χ2v) is 6.56. The average Bonchev–Trinajstić information content (AvgIpc) is 2.74. The number of anilines is 2. The number of methoxy groups -OCH3 is 1. The smallest absolute Gasteiger partial charge is 0.349 e. The fourth-order valence-electron chi connectivity index (χ4n) is 3.31. The summed E-state index contributed by atoms with van der Waals surface area (Å²) in [5.74, 6) is -0.0570. The van der Waals surface area contributed by atoms with Crippen molar-refractivity contribution in [1.29, 1.82) is 0 Å². The fraction of sp³-hybridized carbons (Fsp3) is 0.238. The molecule has 7 nitrogen and oxygen atoms in total. The van der Waals surface area contributed by atoms with E-state index in [0.29, 0.717) is 22.4 Å². The molecule has 152 valence electrons. The van der Waals surface area contributed by atoms with Crippen LogP contribution in [0.25, 0.3) is 11.0 Å². The summed E-state index contributed by atoms with van der Waals surface area (Å²) >= 11 is 0. The highest BCUT2D eigenvalue weighted by molar-refractivity contribution is 6.05. The highest BCUT2D eigenvalue weighted by Gasteiger charge is 2.16. The number of hydrogen-bond donors (Lipinski definition) is 2. The minimum atomic E-state index is -0.702. The Kier molecular flexibility index (Phi) is 6.41. The Morgan fingerprint density at radius 1 is 1.14 bits per heavy atom. The zero-order valence-electron chi connectivity index (χ0n) is 15.9. The van der Waals surface area contributed by atoms with Crippen molar-refractivity contribution < 1.29 is 13.9 Å². The average molecular weight is 416 g/mol. The van der Waals surface area contributed by atoms with Crippen LogP contribution in [0.15, 0.2) is 57.7 Å². The van der Waals surface area contributed by atoms with E-state index in [-0.39, 0.29) is 18.0 Å². The van der Waals surface area contributed by atoms with Gasteiger partial charge >= 0.3 is 5.63 Å². The van der Waals surface area contributed by atoms with E-state index in [4.69, 9.17) is 9.15 Å². The highest BCUT2D eigenvalue weighted by atomic mass is 35.5. The Morgan fingerprint density at radius 2 is 1.86 bits per heavy atom. The van der Waals surface area contributed by atoms with Crippen LogP contribution in [0.4, 0.5) is 11.4 Å². The maximum Gasteiger partial charge on any atom is 0.349 e. The number of amides is 1. The number of benzene rings is 2. The second kappa shape index (κ2) is 8.98. The summed E-state index contributed by atoms with van der Waals surface area (Å²) in [6.45, 7) is 3.82. The van der Waals surface area contributed by atoms with Crippen molar-refractivity contribution in [3.05, 3.63) is 64.5 Å². The minimum Gasteiger partial charge on any atom is -0.493 e. The number of carbonyl (C=O) groups is 1. The lowest BCUT2D eigenvalue weighted by atomic mass is 10.1. The largest absolute Gasteiger partial charge is 0.493 e. The predicted octanol–water partition coefficient (Wildman–Crippen LogP) is 2.89. The standard InChI is InChI=1S/C21H21N3O4.ClH/c1-27-18-4-2-3-14-13-17(21(26)28-19(14)18)20(25)23-15-5-7-16(8-6-15)24-11-9-22-10-12-24;/h2-8,13,22H,9-12H2,1H3,(H,23,25);1H. The van der Waals surface area contributed by atoms with Crippen molar-refractivity contribution >= 4 is 40.7 Å². The number of nitrogens with zero attached hydrogens (tertiary/aromatic N) is 1. The molecule has 0 atom stereocenters. The summed E-state index contributed by atoms with van der Waals surface area (Å²) < 4.78 is 10.5. The van der Waals surface area contributed by atoms with E-state index in [1.165, 1.54) is 13.2 Å². The van der Waals surface area contributed by atoms with Crippen LogP contribution < -0.4 is 25.9 Å². The monoisotopic (exact) mass is 415 g/mol. The van der Waals surface area contributed by atoms with Gasteiger partial charge in [-0.05, 0) is 36.4 Å². The van der Waals surface area contributed by atoms with E-state index in [0.717, 1.165) is 31.9 Å². The number of para-hydroxylation sites is 1. The molecule has 8 heteroatoms. The number of halogens is 1. The lowest BCUT2D eigenvalue weighted by Crippen LogP contribution is -2.43. The molecule has 0 spiro atoms. The van der Waals surface area contributed by atoms with E-state index in [1.54, 1.807) is 18.2 Å². The van der Waals surface area contributed by atoms with Crippen LogP contribution >= 0.6 is 12.4 Å². The first-order valence-electron chi connectivity index (χ1n) is 9.13. The zero-order chi connectivity index (χ0) is 19.5. The molecular weight excluding hydrogens is 394 g/mol. The summed E-state index contributed by atoms with van der Waals surface area (Å²) in [6, 6.07) is 14.4. The number of piperazine rings is 1. The molecule has 0 radical (unpaired) electrons.